The third kappa shape index (κ3) is 5.66. The summed E-state index contributed by atoms with van der Waals surface area (Å²) in [5.41, 5.74) is 0. The van der Waals surface area contributed by atoms with Crippen LogP contribution >= 0.6 is 11.6 Å². The van der Waals surface area contributed by atoms with E-state index in [-0.39, 0.29) is 12.6 Å². The molecule has 0 fully saturated rings. The number of hydrogen-bond acceptors (Lipinski definition) is 2. The summed E-state index contributed by atoms with van der Waals surface area (Å²) in [5.74, 6) is -0.835. The molecule has 0 radical (unpaired) electrons. The van der Waals surface area contributed by atoms with Gasteiger partial charge in [0.05, 0.1) is 6.54 Å². The zero-order valence-electron chi connectivity index (χ0n) is 8.09. The number of carbonyl (C=O) groups is 1. The second-order valence-corrected chi connectivity index (χ2v) is 3.61. The molecule has 0 aromatic rings. The Balaban J connectivity index is 4.17. The molecular formula is C9H16ClNO2. The van der Waals surface area contributed by atoms with Crippen molar-refractivity contribution < 1.29 is 9.90 Å². The van der Waals surface area contributed by atoms with Crippen molar-refractivity contribution in [2.24, 2.45) is 0 Å². The molecule has 4 heteroatoms. The molecule has 0 aliphatic rings. The molecule has 0 amide bonds. The molecule has 0 heterocycles. The average molecular weight is 206 g/mol. The van der Waals surface area contributed by atoms with Crippen LogP contribution in [0.25, 0.3) is 0 Å². The summed E-state index contributed by atoms with van der Waals surface area (Å²) >= 11 is 5.63. The third-order valence-electron chi connectivity index (χ3n) is 1.93. The first kappa shape index (κ1) is 12.5. The largest absolute Gasteiger partial charge is 0.480 e. The Kier molecular flexibility index (Phi) is 5.75. The molecular weight excluding hydrogens is 190 g/mol. The van der Waals surface area contributed by atoms with Gasteiger partial charge in [0, 0.05) is 17.6 Å². The van der Waals surface area contributed by atoms with Crippen LogP contribution in [0.3, 0.4) is 0 Å². The van der Waals surface area contributed by atoms with Gasteiger partial charge >= 0.3 is 5.97 Å². The maximum Gasteiger partial charge on any atom is 0.317 e. The van der Waals surface area contributed by atoms with Gasteiger partial charge in [-0.25, -0.2) is 0 Å². The summed E-state index contributed by atoms with van der Waals surface area (Å²) in [4.78, 5) is 12.3. The first-order valence-corrected chi connectivity index (χ1v) is 4.64. The Labute approximate surface area is 84.0 Å². The van der Waals surface area contributed by atoms with Gasteiger partial charge < -0.3 is 5.11 Å². The lowest BCUT2D eigenvalue weighted by atomic mass is 10.2. The van der Waals surface area contributed by atoms with E-state index in [0.29, 0.717) is 11.6 Å². The highest BCUT2D eigenvalue weighted by Crippen LogP contribution is 2.08. The number of carboxylic acids is 1. The van der Waals surface area contributed by atoms with E-state index in [4.69, 9.17) is 16.7 Å². The van der Waals surface area contributed by atoms with E-state index in [1.807, 2.05) is 13.8 Å². The van der Waals surface area contributed by atoms with Crippen molar-refractivity contribution in [3.63, 3.8) is 0 Å². The highest BCUT2D eigenvalue weighted by Gasteiger charge is 2.15. The van der Waals surface area contributed by atoms with Gasteiger partial charge in [-0.15, -0.1) is 0 Å². The molecule has 0 rings (SSSR count). The van der Waals surface area contributed by atoms with E-state index < -0.39 is 5.97 Å². The highest BCUT2D eigenvalue weighted by atomic mass is 35.5. The summed E-state index contributed by atoms with van der Waals surface area (Å²) in [6, 6.07) is 0.214. The number of halogens is 1. The molecule has 0 aromatic heterocycles. The number of hydrogen-bond donors (Lipinski definition) is 1. The van der Waals surface area contributed by atoms with Crippen LogP contribution in [0.2, 0.25) is 0 Å². The average Bonchev–Trinajstić information content (AvgIpc) is 2.00. The molecule has 0 bridgehead atoms. The van der Waals surface area contributed by atoms with E-state index >= 15 is 0 Å². The minimum Gasteiger partial charge on any atom is -0.480 e. The molecule has 3 nitrogen and oxygen atoms in total. The quantitative estimate of drug-likeness (QED) is 0.721. The Hall–Kier alpha value is -0.540. The third-order valence-corrected chi connectivity index (χ3v) is 2.05. The molecule has 1 atom stereocenters. The summed E-state index contributed by atoms with van der Waals surface area (Å²) in [7, 11) is 0. The lowest BCUT2D eigenvalue weighted by Crippen LogP contribution is -2.37. The van der Waals surface area contributed by atoms with Crippen LogP contribution in [0.1, 0.15) is 20.3 Å². The van der Waals surface area contributed by atoms with E-state index in [1.165, 1.54) is 0 Å². The zero-order chi connectivity index (χ0) is 10.4. The normalized spacial score (nSPS) is 12.9. The van der Waals surface area contributed by atoms with E-state index in [2.05, 4.69) is 6.58 Å². The monoisotopic (exact) mass is 205 g/mol. The molecule has 13 heavy (non-hydrogen) atoms. The van der Waals surface area contributed by atoms with Gasteiger partial charge in [-0.1, -0.05) is 25.1 Å². The van der Waals surface area contributed by atoms with Crippen molar-refractivity contribution in [1.82, 2.24) is 4.90 Å². The summed E-state index contributed by atoms with van der Waals surface area (Å²) in [6.45, 7) is 7.98. The van der Waals surface area contributed by atoms with E-state index in [9.17, 15) is 4.79 Å². The second-order valence-electron chi connectivity index (χ2n) is 3.07. The molecule has 0 spiro atoms. The Morgan fingerprint density at radius 3 is 2.46 bits per heavy atom. The SMILES string of the molecule is C=C(Cl)CN(CC(=O)O)C(C)CC. The number of carboxylic acid groups (broad SMARTS) is 1. The van der Waals surface area contributed by atoms with Crippen LogP contribution in [-0.2, 0) is 4.79 Å². The first-order valence-electron chi connectivity index (χ1n) is 4.26. The topological polar surface area (TPSA) is 40.5 Å². The summed E-state index contributed by atoms with van der Waals surface area (Å²) < 4.78 is 0. The minimum atomic E-state index is -0.835. The standard InChI is InChI=1S/C9H16ClNO2/c1-4-8(3)11(5-7(2)10)6-9(12)13/h8H,2,4-6H2,1,3H3,(H,12,13). The van der Waals surface area contributed by atoms with Crippen molar-refractivity contribution in [2.75, 3.05) is 13.1 Å². The first-order chi connectivity index (χ1) is 5.97. The lowest BCUT2D eigenvalue weighted by Gasteiger charge is -2.25. The molecule has 0 saturated carbocycles. The maximum atomic E-state index is 10.5. The fraction of sp³-hybridized carbons (Fsp3) is 0.667. The molecule has 0 aliphatic carbocycles. The highest BCUT2D eigenvalue weighted by molar-refractivity contribution is 6.29. The molecule has 76 valence electrons. The fourth-order valence-electron chi connectivity index (χ4n) is 1.02. The Morgan fingerprint density at radius 2 is 2.15 bits per heavy atom. The Morgan fingerprint density at radius 1 is 1.62 bits per heavy atom. The van der Waals surface area contributed by atoms with Gasteiger partial charge in [-0.05, 0) is 13.3 Å². The van der Waals surface area contributed by atoms with Gasteiger partial charge in [-0.3, -0.25) is 9.69 Å². The Bertz CT molecular complexity index is 178. The second kappa shape index (κ2) is 6.00. The predicted octanol–water partition coefficient (Wildman–Crippen LogP) is 1.92. The predicted molar refractivity (Wildman–Crippen MR) is 54.0 cm³/mol. The number of rotatable bonds is 6. The summed E-state index contributed by atoms with van der Waals surface area (Å²) in [6.07, 6.45) is 0.900. The number of nitrogens with zero attached hydrogens (tertiary/aromatic N) is 1. The van der Waals surface area contributed by atoms with Crippen molar-refractivity contribution >= 4 is 17.6 Å². The molecule has 0 saturated heterocycles. The molecule has 0 aromatic carbocycles. The van der Waals surface area contributed by atoms with Gasteiger partial charge in [0.2, 0.25) is 0 Å². The molecule has 0 aliphatic heterocycles. The fourth-order valence-corrected chi connectivity index (χ4v) is 1.17. The van der Waals surface area contributed by atoms with Crippen molar-refractivity contribution in [2.45, 2.75) is 26.3 Å². The van der Waals surface area contributed by atoms with Gasteiger partial charge in [-0.2, -0.15) is 0 Å². The smallest absolute Gasteiger partial charge is 0.317 e. The van der Waals surface area contributed by atoms with Crippen LogP contribution in [0.4, 0.5) is 0 Å². The van der Waals surface area contributed by atoms with Crippen LogP contribution in [0.15, 0.2) is 11.6 Å². The van der Waals surface area contributed by atoms with Crippen LogP contribution in [-0.4, -0.2) is 35.1 Å². The molecule has 1 unspecified atom stereocenters. The minimum absolute atomic E-state index is 0.0146. The number of aliphatic carboxylic acids is 1. The zero-order valence-corrected chi connectivity index (χ0v) is 8.84. The van der Waals surface area contributed by atoms with Crippen LogP contribution in [0.5, 0.6) is 0 Å². The van der Waals surface area contributed by atoms with Crippen molar-refractivity contribution in [3.8, 4) is 0 Å². The summed E-state index contributed by atoms with van der Waals surface area (Å²) in [5, 5.41) is 9.10. The van der Waals surface area contributed by atoms with E-state index in [0.717, 1.165) is 6.42 Å². The van der Waals surface area contributed by atoms with Crippen molar-refractivity contribution in [3.05, 3.63) is 11.6 Å². The van der Waals surface area contributed by atoms with Crippen LogP contribution < -0.4 is 0 Å². The van der Waals surface area contributed by atoms with E-state index in [1.54, 1.807) is 4.90 Å². The maximum absolute atomic E-state index is 10.5. The molecule has 1 N–H and O–H groups in total. The van der Waals surface area contributed by atoms with Crippen LogP contribution in [0, 0.1) is 0 Å². The van der Waals surface area contributed by atoms with Gasteiger partial charge in [0.15, 0.2) is 0 Å². The van der Waals surface area contributed by atoms with Gasteiger partial charge in [0.1, 0.15) is 0 Å². The van der Waals surface area contributed by atoms with Gasteiger partial charge in [0.25, 0.3) is 0 Å². The van der Waals surface area contributed by atoms with Crippen molar-refractivity contribution in [1.29, 1.82) is 0 Å². The lowest BCUT2D eigenvalue weighted by molar-refractivity contribution is -0.138.